The molecule has 2 aliphatic rings. The molecule has 3 atom stereocenters. The van der Waals surface area contributed by atoms with Crippen LogP contribution in [0.5, 0.6) is 0 Å². The molecule has 22 heavy (non-hydrogen) atoms. The number of hydrogen-bond donors (Lipinski definition) is 2. The minimum absolute atomic E-state index is 0.185. The maximum absolute atomic E-state index is 10.8. The van der Waals surface area contributed by atoms with Gasteiger partial charge in [0.15, 0.2) is 5.90 Å². The Balaban J connectivity index is 1.97. The Kier molecular flexibility index (Phi) is 4.71. The number of nitrogens with two attached hydrogens (primary N) is 1. The third-order valence-electron chi connectivity index (χ3n) is 4.68. The third-order valence-corrected chi connectivity index (χ3v) is 5.01. The summed E-state index contributed by atoms with van der Waals surface area (Å²) < 4.78 is 5.92. The van der Waals surface area contributed by atoms with Crippen LogP contribution in [0, 0.1) is 0 Å². The highest BCUT2D eigenvalue weighted by molar-refractivity contribution is 6.31. The quantitative estimate of drug-likeness (QED) is 0.819. The number of benzene rings is 1. The molecular formula is C17H23ClN2O2. The van der Waals surface area contributed by atoms with Crippen LogP contribution in [0.25, 0.3) is 0 Å². The predicted molar refractivity (Wildman–Crippen MR) is 88.2 cm³/mol. The largest absolute Gasteiger partial charge is 0.475 e. The second-order valence-corrected chi connectivity index (χ2v) is 6.56. The van der Waals surface area contributed by atoms with Crippen molar-refractivity contribution >= 4 is 17.5 Å². The topological polar surface area (TPSA) is 67.8 Å². The average molecular weight is 323 g/mol. The maximum Gasteiger partial charge on any atom is 0.184 e. The van der Waals surface area contributed by atoms with Gasteiger partial charge in [-0.05, 0) is 44.7 Å². The van der Waals surface area contributed by atoms with Crippen LogP contribution in [0.15, 0.2) is 29.3 Å². The first-order valence-electron chi connectivity index (χ1n) is 8.06. The van der Waals surface area contributed by atoms with Crippen molar-refractivity contribution in [3.8, 4) is 0 Å². The van der Waals surface area contributed by atoms with E-state index in [0.29, 0.717) is 11.6 Å². The van der Waals surface area contributed by atoms with Crippen LogP contribution < -0.4 is 5.73 Å². The minimum atomic E-state index is -0.655. The molecule has 120 valence electrons. The van der Waals surface area contributed by atoms with Gasteiger partial charge in [0.1, 0.15) is 17.7 Å². The molecule has 0 aromatic heterocycles. The smallest absolute Gasteiger partial charge is 0.184 e. The summed E-state index contributed by atoms with van der Waals surface area (Å²) in [5, 5.41) is 11.5. The lowest BCUT2D eigenvalue weighted by Crippen LogP contribution is -2.54. The van der Waals surface area contributed by atoms with E-state index in [1.165, 1.54) is 0 Å². The molecule has 0 spiro atoms. The Bertz CT molecular complexity index is 563. The fraction of sp³-hybridized carbons (Fsp3) is 0.588. The summed E-state index contributed by atoms with van der Waals surface area (Å²) in [7, 11) is 0. The molecular weight excluding hydrogens is 300 g/mol. The van der Waals surface area contributed by atoms with Crippen molar-refractivity contribution in [1.82, 2.24) is 0 Å². The van der Waals surface area contributed by atoms with Gasteiger partial charge in [0.2, 0.25) is 0 Å². The zero-order valence-electron chi connectivity index (χ0n) is 12.7. The monoisotopic (exact) mass is 322 g/mol. The summed E-state index contributed by atoms with van der Waals surface area (Å²) >= 11 is 6.40. The van der Waals surface area contributed by atoms with Gasteiger partial charge in [-0.25, -0.2) is 4.99 Å². The highest BCUT2D eigenvalue weighted by Crippen LogP contribution is 2.47. The average Bonchev–Trinajstić information content (AvgIpc) is 2.49. The molecule has 1 fully saturated rings. The first-order valence-corrected chi connectivity index (χ1v) is 8.44. The van der Waals surface area contributed by atoms with E-state index < -0.39 is 11.6 Å². The Morgan fingerprint density at radius 1 is 1.36 bits per heavy atom. The van der Waals surface area contributed by atoms with Gasteiger partial charge in [0, 0.05) is 17.0 Å². The van der Waals surface area contributed by atoms with Crippen LogP contribution in [-0.2, 0) is 10.3 Å². The summed E-state index contributed by atoms with van der Waals surface area (Å²) in [5.41, 5.74) is 5.81. The molecule has 1 saturated carbocycles. The van der Waals surface area contributed by atoms with E-state index in [2.05, 4.69) is 0 Å². The van der Waals surface area contributed by atoms with Crippen molar-refractivity contribution in [3.63, 3.8) is 0 Å². The number of unbranched alkanes of at least 4 members (excludes halogenated alkanes) is 1. The highest BCUT2D eigenvalue weighted by atomic mass is 35.5. The Labute approximate surface area is 136 Å². The first kappa shape index (κ1) is 15.8. The fourth-order valence-electron chi connectivity index (χ4n) is 3.56. The van der Waals surface area contributed by atoms with Crippen molar-refractivity contribution in [3.05, 3.63) is 34.9 Å². The van der Waals surface area contributed by atoms with Crippen molar-refractivity contribution in [1.29, 1.82) is 0 Å². The zero-order valence-corrected chi connectivity index (χ0v) is 13.4. The molecule has 2 bridgehead atoms. The van der Waals surface area contributed by atoms with Crippen LogP contribution >= 0.6 is 11.6 Å². The number of aliphatic hydroxyl groups excluding tert-OH is 1. The lowest BCUT2D eigenvalue weighted by atomic mass is 9.72. The van der Waals surface area contributed by atoms with Crippen LogP contribution in [-0.4, -0.2) is 29.8 Å². The zero-order chi connectivity index (χ0) is 15.6. The molecule has 3 unspecified atom stereocenters. The van der Waals surface area contributed by atoms with Gasteiger partial charge in [-0.2, -0.15) is 0 Å². The molecule has 0 saturated heterocycles. The van der Waals surface area contributed by atoms with Crippen molar-refractivity contribution in [2.45, 2.75) is 56.3 Å². The molecule has 3 rings (SSSR count). The van der Waals surface area contributed by atoms with Gasteiger partial charge in [-0.15, -0.1) is 0 Å². The van der Waals surface area contributed by atoms with Crippen LogP contribution in [0.2, 0.25) is 5.02 Å². The van der Waals surface area contributed by atoms with Gasteiger partial charge in [-0.3, -0.25) is 0 Å². The highest BCUT2D eigenvalue weighted by Gasteiger charge is 2.51. The third kappa shape index (κ3) is 2.75. The number of nitrogens with zero attached hydrogens (tertiary/aromatic N) is 1. The molecule has 1 aromatic rings. The van der Waals surface area contributed by atoms with Gasteiger partial charge >= 0.3 is 0 Å². The number of halogens is 1. The Morgan fingerprint density at radius 2 is 2.18 bits per heavy atom. The van der Waals surface area contributed by atoms with Crippen molar-refractivity contribution < 1.29 is 9.84 Å². The predicted octanol–water partition coefficient (Wildman–Crippen LogP) is 3.01. The van der Waals surface area contributed by atoms with Gasteiger partial charge in [0.25, 0.3) is 0 Å². The lowest BCUT2D eigenvalue weighted by molar-refractivity contribution is -0.0704. The van der Waals surface area contributed by atoms with E-state index in [-0.39, 0.29) is 6.10 Å². The number of fused-ring (bicyclic) bond motifs is 2. The summed E-state index contributed by atoms with van der Waals surface area (Å²) in [4.78, 5) is 4.84. The van der Waals surface area contributed by atoms with E-state index >= 15 is 0 Å². The molecule has 0 radical (unpaired) electrons. The summed E-state index contributed by atoms with van der Waals surface area (Å²) in [6, 6.07) is 7.69. The number of hydrogen-bond acceptors (Lipinski definition) is 4. The van der Waals surface area contributed by atoms with Crippen LogP contribution in [0.1, 0.15) is 44.1 Å². The van der Waals surface area contributed by atoms with Gasteiger partial charge < -0.3 is 15.6 Å². The first-order chi connectivity index (χ1) is 10.7. The Hall–Kier alpha value is -1.10. The fourth-order valence-corrected chi connectivity index (χ4v) is 3.86. The van der Waals surface area contributed by atoms with E-state index in [1.54, 1.807) is 0 Å². The molecule has 1 aliphatic heterocycles. The lowest BCUT2D eigenvalue weighted by Gasteiger charge is -2.47. The Morgan fingerprint density at radius 3 is 2.95 bits per heavy atom. The normalized spacial score (nSPS) is 30.6. The molecule has 4 nitrogen and oxygen atoms in total. The number of ether oxygens (including phenoxy) is 1. The van der Waals surface area contributed by atoms with Crippen LogP contribution in [0.3, 0.4) is 0 Å². The molecule has 1 heterocycles. The van der Waals surface area contributed by atoms with Gasteiger partial charge in [0.05, 0.1) is 0 Å². The number of aliphatic imine (C=N–C) groups is 1. The summed E-state index contributed by atoms with van der Waals surface area (Å²) in [6.07, 6.45) is 4.50. The molecule has 3 N–H and O–H groups in total. The van der Waals surface area contributed by atoms with E-state index in [9.17, 15) is 5.11 Å². The standard InChI is InChI=1S/C17H23ClN2O2/c18-13-7-2-1-6-12(13)17-10-5-8-14(16(17)21)22-15(20-17)9-3-4-11-19/h1-2,6-7,14,16,21H,3-5,8-11,19H2. The van der Waals surface area contributed by atoms with Crippen LogP contribution in [0.4, 0.5) is 0 Å². The number of rotatable bonds is 5. The van der Waals surface area contributed by atoms with Crippen molar-refractivity contribution in [2.75, 3.05) is 6.54 Å². The molecule has 0 amide bonds. The van der Waals surface area contributed by atoms with E-state index in [1.807, 2.05) is 24.3 Å². The minimum Gasteiger partial charge on any atom is -0.475 e. The number of aliphatic hydroxyl groups is 1. The molecule has 1 aliphatic carbocycles. The van der Waals surface area contributed by atoms with E-state index in [4.69, 9.17) is 27.1 Å². The molecule has 1 aromatic carbocycles. The van der Waals surface area contributed by atoms with E-state index in [0.717, 1.165) is 50.0 Å². The second-order valence-electron chi connectivity index (χ2n) is 6.15. The maximum atomic E-state index is 10.8. The second kappa shape index (κ2) is 6.57. The molecule has 5 heteroatoms. The SMILES string of the molecule is NCCCCC1=NC2(c3ccccc3Cl)CCCC(O1)C2O. The van der Waals surface area contributed by atoms with Gasteiger partial charge in [-0.1, -0.05) is 29.8 Å². The summed E-state index contributed by atoms with van der Waals surface area (Å²) in [5.74, 6) is 0.739. The summed E-state index contributed by atoms with van der Waals surface area (Å²) in [6.45, 7) is 0.676. The van der Waals surface area contributed by atoms with Crippen molar-refractivity contribution in [2.24, 2.45) is 10.7 Å².